The first-order valence-electron chi connectivity index (χ1n) is 4.88. The molecule has 1 amide bonds. The van der Waals surface area contributed by atoms with E-state index in [1.54, 1.807) is 11.3 Å². The fraction of sp³-hybridized carbons (Fsp3) is 0.400. The lowest BCUT2D eigenvalue weighted by Crippen LogP contribution is -2.30. The van der Waals surface area contributed by atoms with Gasteiger partial charge in [-0.25, -0.2) is 0 Å². The molecule has 6 heteroatoms. The van der Waals surface area contributed by atoms with E-state index in [1.807, 2.05) is 12.1 Å². The molecule has 2 rings (SSSR count). The van der Waals surface area contributed by atoms with Crippen LogP contribution in [0.1, 0.15) is 18.2 Å². The van der Waals surface area contributed by atoms with Gasteiger partial charge in [-0.1, -0.05) is 5.16 Å². The molecule has 0 aromatic carbocycles. The molecular weight excluding hydrogens is 292 g/mol. The van der Waals surface area contributed by atoms with E-state index in [1.165, 1.54) is 6.92 Å². The normalized spacial score (nSPS) is 19.1. The molecule has 1 aromatic heterocycles. The molecule has 0 aliphatic carbocycles. The molecular formula is C10H11BrN2O2S. The Kier molecular flexibility index (Phi) is 3.60. The standard InChI is InChI=1S/C10H11BrN2O2S/c1-6(14)12-5-7-4-8(13-15-7)9-2-3-10(11)16-9/h2-3,7H,4-5H2,1H3,(H,12,14). The van der Waals surface area contributed by atoms with E-state index in [0.717, 1.165) is 20.8 Å². The van der Waals surface area contributed by atoms with Gasteiger partial charge in [0.1, 0.15) is 11.8 Å². The maximum absolute atomic E-state index is 10.7. The van der Waals surface area contributed by atoms with Gasteiger partial charge in [-0.3, -0.25) is 4.79 Å². The van der Waals surface area contributed by atoms with E-state index in [9.17, 15) is 4.79 Å². The van der Waals surface area contributed by atoms with Crippen LogP contribution in [0.25, 0.3) is 0 Å². The molecule has 1 atom stereocenters. The molecule has 0 bridgehead atoms. The van der Waals surface area contributed by atoms with Crippen molar-refractivity contribution in [3.8, 4) is 0 Å². The highest BCUT2D eigenvalue weighted by atomic mass is 79.9. The zero-order valence-electron chi connectivity index (χ0n) is 8.70. The molecule has 2 heterocycles. The Morgan fingerprint density at radius 1 is 1.75 bits per heavy atom. The van der Waals surface area contributed by atoms with Gasteiger partial charge < -0.3 is 10.2 Å². The second kappa shape index (κ2) is 4.97. The first kappa shape index (κ1) is 11.6. The Balaban J connectivity index is 1.90. The number of amides is 1. The lowest BCUT2D eigenvalue weighted by molar-refractivity contribution is -0.119. The predicted octanol–water partition coefficient (Wildman–Crippen LogP) is 2.14. The summed E-state index contributed by atoms with van der Waals surface area (Å²) in [5, 5.41) is 6.76. The molecule has 86 valence electrons. The van der Waals surface area contributed by atoms with E-state index < -0.39 is 0 Å². The summed E-state index contributed by atoms with van der Waals surface area (Å²) in [4.78, 5) is 17.1. The number of oxime groups is 1. The van der Waals surface area contributed by atoms with Crippen LogP contribution >= 0.6 is 27.3 Å². The highest BCUT2D eigenvalue weighted by molar-refractivity contribution is 9.11. The number of carbonyl (C=O) groups excluding carboxylic acids is 1. The summed E-state index contributed by atoms with van der Waals surface area (Å²) in [5.41, 5.74) is 0.950. The molecule has 1 aliphatic heterocycles. The highest BCUT2D eigenvalue weighted by Crippen LogP contribution is 2.26. The summed E-state index contributed by atoms with van der Waals surface area (Å²) < 4.78 is 1.08. The molecule has 0 saturated heterocycles. The van der Waals surface area contributed by atoms with Crippen molar-refractivity contribution in [2.75, 3.05) is 6.54 Å². The third-order valence-corrected chi connectivity index (χ3v) is 3.84. The van der Waals surface area contributed by atoms with Crippen LogP contribution in [-0.2, 0) is 9.63 Å². The van der Waals surface area contributed by atoms with Crippen LogP contribution in [-0.4, -0.2) is 24.3 Å². The number of hydrogen-bond donors (Lipinski definition) is 1. The zero-order valence-corrected chi connectivity index (χ0v) is 11.1. The summed E-state index contributed by atoms with van der Waals surface area (Å²) in [5.74, 6) is -0.0454. The van der Waals surface area contributed by atoms with Crippen molar-refractivity contribution < 1.29 is 9.63 Å². The smallest absolute Gasteiger partial charge is 0.217 e. The van der Waals surface area contributed by atoms with E-state index in [-0.39, 0.29) is 12.0 Å². The Bertz CT molecular complexity index is 430. The Morgan fingerprint density at radius 2 is 2.56 bits per heavy atom. The molecule has 0 spiro atoms. The van der Waals surface area contributed by atoms with Crippen LogP contribution in [0.4, 0.5) is 0 Å². The minimum atomic E-state index is -0.0454. The van der Waals surface area contributed by atoms with Crippen LogP contribution in [0.5, 0.6) is 0 Å². The van der Waals surface area contributed by atoms with Crippen molar-refractivity contribution in [2.45, 2.75) is 19.4 Å². The monoisotopic (exact) mass is 302 g/mol. The van der Waals surface area contributed by atoms with Gasteiger partial charge in [-0.05, 0) is 28.1 Å². The second-order valence-corrected chi connectivity index (χ2v) is 5.97. The molecule has 1 aliphatic rings. The van der Waals surface area contributed by atoms with Gasteiger partial charge in [-0.2, -0.15) is 0 Å². The van der Waals surface area contributed by atoms with Gasteiger partial charge in [0.2, 0.25) is 5.91 Å². The third-order valence-electron chi connectivity index (χ3n) is 2.17. The average molecular weight is 303 g/mol. The number of thiophene rings is 1. The summed E-state index contributed by atoms with van der Waals surface area (Å²) in [6.45, 7) is 2.00. The van der Waals surface area contributed by atoms with E-state index >= 15 is 0 Å². The van der Waals surface area contributed by atoms with Crippen LogP contribution < -0.4 is 5.32 Å². The van der Waals surface area contributed by atoms with Crippen LogP contribution in [0, 0.1) is 0 Å². The van der Waals surface area contributed by atoms with Crippen LogP contribution in [0.15, 0.2) is 21.1 Å². The lowest BCUT2D eigenvalue weighted by Gasteiger charge is -2.07. The lowest BCUT2D eigenvalue weighted by atomic mass is 10.1. The summed E-state index contributed by atoms with van der Waals surface area (Å²) in [6, 6.07) is 4.00. The Hall–Kier alpha value is -0.880. The summed E-state index contributed by atoms with van der Waals surface area (Å²) in [7, 11) is 0. The van der Waals surface area contributed by atoms with Crippen molar-refractivity contribution in [1.82, 2.24) is 5.32 Å². The molecule has 1 N–H and O–H groups in total. The van der Waals surface area contributed by atoms with Gasteiger partial charge in [-0.15, -0.1) is 11.3 Å². The number of nitrogens with zero attached hydrogens (tertiary/aromatic N) is 1. The molecule has 1 unspecified atom stereocenters. The van der Waals surface area contributed by atoms with Crippen molar-refractivity contribution in [3.63, 3.8) is 0 Å². The largest absolute Gasteiger partial charge is 0.390 e. The average Bonchev–Trinajstić information content (AvgIpc) is 2.83. The van der Waals surface area contributed by atoms with Gasteiger partial charge in [0.25, 0.3) is 0 Å². The van der Waals surface area contributed by atoms with Crippen LogP contribution in [0.2, 0.25) is 0 Å². The quantitative estimate of drug-likeness (QED) is 0.930. The Morgan fingerprint density at radius 3 is 3.19 bits per heavy atom. The number of halogens is 1. The molecule has 0 fully saturated rings. The first-order valence-corrected chi connectivity index (χ1v) is 6.49. The topological polar surface area (TPSA) is 50.7 Å². The van der Waals surface area contributed by atoms with Crippen LogP contribution in [0.3, 0.4) is 0 Å². The Labute approximate surface area is 106 Å². The minimum Gasteiger partial charge on any atom is -0.390 e. The number of hydrogen-bond acceptors (Lipinski definition) is 4. The molecule has 4 nitrogen and oxygen atoms in total. The highest BCUT2D eigenvalue weighted by Gasteiger charge is 2.23. The second-order valence-electron chi connectivity index (χ2n) is 3.51. The van der Waals surface area contributed by atoms with Crippen molar-refractivity contribution in [1.29, 1.82) is 0 Å². The third kappa shape index (κ3) is 2.82. The maximum Gasteiger partial charge on any atom is 0.217 e. The number of carbonyl (C=O) groups is 1. The summed E-state index contributed by atoms with van der Waals surface area (Å²) in [6.07, 6.45) is 0.701. The maximum atomic E-state index is 10.7. The van der Waals surface area contributed by atoms with E-state index in [0.29, 0.717) is 6.54 Å². The van der Waals surface area contributed by atoms with Gasteiger partial charge >= 0.3 is 0 Å². The van der Waals surface area contributed by atoms with Crippen molar-refractivity contribution >= 4 is 38.9 Å². The van der Waals surface area contributed by atoms with Crippen molar-refractivity contribution in [2.24, 2.45) is 5.16 Å². The summed E-state index contributed by atoms with van der Waals surface area (Å²) >= 11 is 5.04. The minimum absolute atomic E-state index is 0.0419. The van der Waals surface area contributed by atoms with Crippen molar-refractivity contribution in [3.05, 3.63) is 20.8 Å². The van der Waals surface area contributed by atoms with Gasteiger partial charge in [0.05, 0.1) is 15.2 Å². The van der Waals surface area contributed by atoms with E-state index in [2.05, 4.69) is 26.4 Å². The van der Waals surface area contributed by atoms with Gasteiger partial charge in [0.15, 0.2) is 0 Å². The molecule has 16 heavy (non-hydrogen) atoms. The van der Waals surface area contributed by atoms with Gasteiger partial charge in [0, 0.05) is 13.3 Å². The fourth-order valence-corrected chi connectivity index (χ4v) is 2.79. The molecule has 0 radical (unpaired) electrons. The first-order chi connectivity index (χ1) is 7.65. The number of rotatable bonds is 3. The van der Waals surface area contributed by atoms with E-state index in [4.69, 9.17) is 4.84 Å². The zero-order chi connectivity index (χ0) is 11.5. The number of nitrogens with one attached hydrogen (secondary N) is 1. The predicted molar refractivity (Wildman–Crippen MR) is 66.7 cm³/mol. The molecule has 1 aromatic rings. The molecule has 0 saturated carbocycles. The SMILES string of the molecule is CC(=O)NCC1CC(c2ccc(Br)s2)=NO1. The fourth-order valence-electron chi connectivity index (χ4n) is 1.41.